The largest absolute Gasteiger partial charge is 0.507 e. The lowest BCUT2D eigenvalue weighted by molar-refractivity contribution is 0.477. The van der Waals surface area contributed by atoms with E-state index in [1.54, 1.807) is 12.1 Å². The molecule has 3 aromatic rings. The van der Waals surface area contributed by atoms with Crippen molar-refractivity contribution in [2.24, 2.45) is 0 Å². The molecule has 0 atom stereocenters. The molecule has 4 rings (SSSR count). The summed E-state index contributed by atoms with van der Waals surface area (Å²) in [6.45, 7) is 3.44. The third-order valence-corrected chi connectivity index (χ3v) is 4.63. The van der Waals surface area contributed by atoms with Crippen LogP contribution in [0.1, 0.15) is 0 Å². The zero-order valence-corrected chi connectivity index (χ0v) is 14.3. The highest BCUT2D eigenvalue weighted by Gasteiger charge is 2.21. The number of phenols is 1. The van der Waals surface area contributed by atoms with Crippen molar-refractivity contribution in [3.8, 4) is 17.0 Å². The van der Waals surface area contributed by atoms with Crippen molar-refractivity contribution >= 4 is 17.2 Å². The fourth-order valence-electron chi connectivity index (χ4n) is 3.23. The Morgan fingerprint density at radius 1 is 0.885 bits per heavy atom. The standard InChI is InChI=1S/C19H20N6O/c20-19-17(13-16(22-23-19)15-3-1-2-4-18(15)26)25-11-9-24(10-12-25)14-5-7-21-8-6-14/h1-8,13,26H,9-12H2,(H2,20,23). The molecule has 0 amide bonds. The van der Waals surface area contributed by atoms with E-state index >= 15 is 0 Å². The number of aromatic hydroxyl groups is 1. The maximum absolute atomic E-state index is 10.1. The minimum absolute atomic E-state index is 0.181. The molecule has 0 bridgehead atoms. The lowest BCUT2D eigenvalue weighted by Crippen LogP contribution is -2.46. The minimum Gasteiger partial charge on any atom is -0.507 e. The van der Waals surface area contributed by atoms with Crippen LogP contribution in [-0.4, -0.2) is 46.5 Å². The number of para-hydroxylation sites is 1. The van der Waals surface area contributed by atoms with Gasteiger partial charge in [0.1, 0.15) is 5.75 Å². The number of rotatable bonds is 3. The molecule has 0 aliphatic carbocycles. The second kappa shape index (κ2) is 6.87. The maximum atomic E-state index is 10.1. The molecule has 0 unspecified atom stereocenters. The van der Waals surface area contributed by atoms with E-state index in [0.29, 0.717) is 17.1 Å². The predicted molar refractivity (Wildman–Crippen MR) is 102 cm³/mol. The Labute approximate surface area is 151 Å². The Morgan fingerprint density at radius 3 is 2.31 bits per heavy atom. The normalized spacial score (nSPS) is 14.5. The molecule has 1 aliphatic heterocycles. The van der Waals surface area contributed by atoms with Gasteiger partial charge in [0.15, 0.2) is 5.82 Å². The van der Waals surface area contributed by atoms with Crippen LogP contribution >= 0.6 is 0 Å². The first-order chi connectivity index (χ1) is 12.7. The molecule has 3 N–H and O–H groups in total. The monoisotopic (exact) mass is 348 g/mol. The SMILES string of the molecule is Nc1nnc(-c2ccccc2O)cc1N1CCN(c2ccncc2)CC1. The minimum atomic E-state index is 0.181. The van der Waals surface area contributed by atoms with Crippen LogP contribution in [0, 0.1) is 0 Å². The van der Waals surface area contributed by atoms with Crippen LogP contribution in [0.4, 0.5) is 17.2 Å². The first-order valence-electron chi connectivity index (χ1n) is 8.54. The lowest BCUT2D eigenvalue weighted by Gasteiger charge is -2.37. The van der Waals surface area contributed by atoms with Crippen LogP contribution in [0.15, 0.2) is 54.9 Å². The zero-order chi connectivity index (χ0) is 17.9. The zero-order valence-electron chi connectivity index (χ0n) is 14.3. The fraction of sp³-hybridized carbons (Fsp3) is 0.211. The summed E-state index contributed by atoms with van der Waals surface area (Å²) in [5.41, 5.74) is 9.38. The van der Waals surface area contributed by atoms with Crippen molar-refractivity contribution < 1.29 is 5.11 Å². The highest BCUT2D eigenvalue weighted by Crippen LogP contribution is 2.31. The van der Waals surface area contributed by atoms with Gasteiger partial charge in [-0.25, -0.2) is 0 Å². The van der Waals surface area contributed by atoms with E-state index in [1.807, 2.05) is 42.7 Å². The van der Waals surface area contributed by atoms with Crippen LogP contribution in [-0.2, 0) is 0 Å². The van der Waals surface area contributed by atoms with Crippen molar-refractivity contribution in [3.05, 3.63) is 54.9 Å². The second-order valence-corrected chi connectivity index (χ2v) is 6.20. The molecule has 7 nitrogen and oxygen atoms in total. The molecule has 1 aromatic carbocycles. The number of phenolic OH excluding ortho intramolecular Hbond substituents is 1. The Balaban J connectivity index is 1.55. The number of aromatic nitrogens is 3. The van der Waals surface area contributed by atoms with Gasteiger partial charge in [0.2, 0.25) is 0 Å². The first-order valence-corrected chi connectivity index (χ1v) is 8.54. The maximum Gasteiger partial charge on any atom is 0.169 e. The molecule has 1 fully saturated rings. The smallest absolute Gasteiger partial charge is 0.169 e. The molecule has 0 radical (unpaired) electrons. The molecule has 7 heteroatoms. The van der Waals surface area contributed by atoms with Gasteiger partial charge in [-0.05, 0) is 30.3 Å². The Morgan fingerprint density at radius 2 is 1.58 bits per heavy atom. The number of pyridine rings is 1. The molecule has 132 valence electrons. The van der Waals surface area contributed by atoms with Crippen molar-refractivity contribution in [2.45, 2.75) is 0 Å². The third-order valence-electron chi connectivity index (χ3n) is 4.63. The molecular formula is C19H20N6O. The number of nitrogen functional groups attached to an aromatic ring is 1. The molecule has 3 heterocycles. The predicted octanol–water partition coefficient (Wildman–Crippen LogP) is 2.15. The Kier molecular flexibility index (Phi) is 4.27. The lowest BCUT2D eigenvalue weighted by atomic mass is 10.1. The molecule has 1 aliphatic rings. The summed E-state index contributed by atoms with van der Waals surface area (Å²) in [5.74, 6) is 0.585. The second-order valence-electron chi connectivity index (χ2n) is 6.20. The third kappa shape index (κ3) is 3.11. The van der Waals surface area contributed by atoms with Crippen LogP contribution in [0.5, 0.6) is 5.75 Å². The molecule has 1 saturated heterocycles. The highest BCUT2D eigenvalue weighted by molar-refractivity contribution is 5.74. The van der Waals surface area contributed by atoms with E-state index in [1.165, 1.54) is 5.69 Å². The summed E-state index contributed by atoms with van der Waals surface area (Å²) in [6.07, 6.45) is 3.62. The Hall–Kier alpha value is -3.35. The van der Waals surface area contributed by atoms with Crippen LogP contribution in [0.2, 0.25) is 0 Å². The molecular weight excluding hydrogens is 328 g/mol. The number of hydrogen-bond donors (Lipinski definition) is 2. The summed E-state index contributed by atoms with van der Waals surface area (Å²) in [7, 11) is 0. The molecule has 0 spiro atoms. The number of benzene rings is 1. The molecule has 2 aromatic heterocycles. The number of nitrogens with two attached hydrogens (primary N) is 1. The fourth-order valence-corrected chi connectivity index (χ4v) is 3.23. The average molecular weight is 348 g/mol. The van der Waals surface area contributed by atoms with E-state index < -0.39 is 0 Å². The van der Waals surface area contributed by atoms with Gasteiger partial charge in [-0.1, -0.05) is 12.1 Å². The van der Waals surface area contributed by atoms with Gasteiger partial charge in [0.05, 0.1) is 11.4 Å². The van der Waals surface area contributed by atoms with Crippen molar-refractivity contribution in [3.63, 3.8) is 0 Å². The first kappa shape index (κ1) is 16.1. The topological polar surface area (TPSA) is 91.4 Å². The number of hydrogen-bond acceptors (Lipinski definition) is 7. The number of nitrogens with zero attached hydrogens (tertiary/aromatic N) is 5. The van der Waals surface area contributed by atoms with Crippen molar-refractivity contribution in [2.75, 3.05) is 41.7 Å². The van der Waals surface area contributed by atoms with Crippen molar-refractivity contribution in [1.82, 2.24) is 15.2 Å². The van der Waals surface area contributed by atoms with Crippen LogP contribution < -0.4 is 15.5 Å². The van der Waals surface area contributed by atoms with Crippen LogP contribution in [0.25, 0.3) is 11.3 Å². The average Bonchev–Trinajstić information content (AvgIpc) is 2.70. The van der Waals surface area contributed by atoms with Gasteiger partial charge in [-0.15, -0.1) is 10.2 Å². The quantitative estimate of drug-likeness (QED) is 0.749. The Bertz CT molecular complexity index is 894. The summed E-state index contributed by atoms with van der Waals surface area (Å²) in [5, 5.41) is 18.3. The van der Waals surface area contributed by atoms with Gasteiger partial charge in [0, 0.05) is 49.8 Å². The van der Waals surface area contributed by atoms with E-state index in [-0.39, 0.29) is 5.75 Å². The van der Waals surface area contributed by atoms with Gasteiger partial charge in [-0.2, -0.15) is 0 Å². The highest BCUT2D eigenvalue weighted by atomic mass is 16.3. The van der Waals surface area contributed by atoms with Gasteiger partial charge in [0.25, 0.3) is 0 Å². The van der Waals surface area contributed by atoms with Crippen molar-refractivity contribution in [1.29, 1.82) is 0 Å². The summed E-state index contributed by atoms with van der Waals surface area (Å²) in [6, 6.07) is 13.0. The number of anilines is 3. The van der Waals surface area contributed by atoms with Gasteiger partial charge < -0.3 is 20.6 Å². The summed E-state index contributed by atoms with van der Waals surface area (Å²) < 4.78 is 0. The molecule has 0 saturated carbocycles. The van der Waals surface area contributed by atoms with E-state index in [0.717, 1.165) is 31.9 Å². The summed E-state index contributed by atoms with van der Waals surface area (Å²) >= 11 is 0. The molecule has 26 heavy (non-hydrogen) atoms. The summed E-state index contributed by atoms with van der Waals surface area (Å²) in [4.78, 5) is 8.61. The van der Waals surface area contributed by atoms with Gasteiger partial charge in [-0.3, -0.25) is 4.98 Å². The van der Waals surface area contributed by atoms with Crippen LogP contribution in [0.3, 0.4) is 0 Å². The van der Waals surface area contributed by atoms with E-state index in [2.05, 4.69) is 25.0 Å². The van der Waals surface area contributed by atoms with E-state index in [4.69, 9.17) is 5.73 Å². The van der Waals surface area contributed by atoms with Gasteiger partial charge >= 0.3 is 0 Å². The van der Waals surface area contributed by atoms with E-state index in [9.17, 15) is 5.11 Å². The number of piperazine rings is 1.